The number of amides is 1. The Morgan fingerprint density at radius 3 is 2.79 bits per heavy atom. The van der Waals surface area contributed by atoms with Gasteiger partial charge in [0.15, 0.2) is 0 Å². The lowest BCUT2D eigenvalue weighted by molar-refractivity contribution is -0.131. The second-order valence-electron chi connectivity index (χ2n) is 4.96. The van der Waals surface area contributed by atoms with Gasteiger partial charge in [-0.2, -0.15) is 0 Å². The number of nitrogens with zero attached hydrogens (tertiary/aromatic N) is 1. The Balaban J connectivity index is 1.94. The number of ether oxygens (including phenoxy) is 1. The molecule has 1 amide bonds. The number of nitrogens with one attached hydrogen (secondary N) is 1. The minimum atomic E-state index is 0.201. The first kappa shape index (κ1) is 13.9. The molecule has 0 radical (unpaired) electrons. The Bertz CT molecular complexity index is 426. The quantitative estimate of drug-likeness (QED) is 0.896. The summed E-state index contributed by atoms with van der Waals surface area (Å²) in [5.41, 5.74) is 1.32. The van der Waals surface area contributed by atoms with E-state index in [4.69, 9.17) is 4.74 Å². The normalized spacial score (nSPS) is 16.4. The number of carbonyl (C=O) groups excluding carboxylic acids is 1. The van der Waals surface area contributed by atoms with Crippen LogP contribution in [0.25, 0.3) is 0 Å². The second kappa shape index (κ2) is 6.57. The second-order valence-corrected chi connectivity index (χ2v) is 4.96. The van der Waals surface area contributed by atoms with Crippen LogP contribution in [0.15, 0.2) is 24.3 Å². The monoisotopic (exact) mass is 262 g/mol. The standard InChI is InChI=1S/C15H22N2O2/c1-16-11-15(18)17-8-6-12(7-9-17)13-4-3-5-14(10-13)19-2/h3-5,10,12,16H,6-9,11H2,1-2H3. The van der Waals surface area contributed by atoms with Crippen molar-refractivity contribution in [3.63, 3.8) is 0 Å². The molecule has 1 aromatic rings. The van der Waals surface area contributed by atoms with Crippen LogP contribution < -0.4 is 10.1 Å². The number of likely N-dealkylation sites (N-methyl/N-ethyl adjacent to an activating group) is 1. The number of hydrogen-bond donors (Lipinski definition) is 1. The van der Waals surface area contributed by atoms with Crippen LogP contribution in [0.5, 0.6) is 5.75 Å². The molecule has 4 nitrogen and oxygen atoms in total. The minimum Gasteiger partial charge on any atom is -0.497 e. The van der Waals surface area contributed by atoms with Crippen LogP contribution in [0.4, 0.5) is 0 Å². The lowest BCUT2D eigenvalue weighted by atomic mass is 9.89. The molecule has 104 valence electrons. The Morgan fingerprint density at radius 2 is 2.16 bits per heavy atom. The van der Waals surface area contributed by atoms with Crippen molar-refractivity contribution in [2.75, 3.05) is 33.8 Å². The highest BCUT2D eigenvalue weighted by Crippen LogP contribution is 2.29. The molecule has 1 aliphatic heterocycles. The maximum absolute atomic E-state index is 11.8. The molecular weight excluding hydrogens is 240 g/mol. The molecule has 0 atom stereocenters. The van der Waals surface area contributed by atoms with Crippen molar-refractivity contribution in [2.24, 2.45) is 0 Å². The van der Waals surface area contributed by atoms with E-state index < -0.39 is 0 Å². The number of rotatable bonds is 4. The number of benzene rings is 1. The van der Waals surface area contributed by atoms with E-state index >= 15 is 0 Å². The smallest absolute Gasteiger partial charge is 0.236 e. The zero-order valence-corrected chi connectivity index (χ0v) is 11.7. The Hall–Kier alpha value is -1.55. The fourth-order valence-electron chi connectivity index (χ4n) is 2.62. The zero-order chi connectivity index (χ0) is 13.7. The first-order valence-electron chi connectivity index (χ1n) is 6.81. The summed E-state index contributed by atoms with van der Waals surface area (Å²) >= 11 is 0. The van der Waals surface area contributed by atoms with Gasteiger partial charge in [-0.1, -0.05) is 12.1 Å². The van der Waals surface area contributed by atoms with Crippen LogP contribution in [0, 0.1) is 0 Å². The zero-order valence-electron chi connectivity index (χ0n) is 11.7. The molecule has 0 aromatic heterocycles. The average Bonchev–Trinajstić information content (AvgIpc) is 2.48. The number of methoxy groups -OCH3 is 1. The molecule has 1 saturated heterocycles. The van der Waals surface area contributed by atoms with E-state index in [9.17, 15) is 4.79 Å². The van der Waals surface area contributed by atoms with Crippen molar-refractivity contribution < 1.29 is 9.53 Å². The largest absolute Gasteiger partial charge is 0.497 e. The summed E-state index contributed by atoms with van der Waals surface area (Å²) in [6, 6.07) is 8.26. The Morgan fingerprint density at radius 1 is 1.42 bits per heavy atom. The summed E-state index contributed by atoms with van der Waals surface area (Å²) in [5, 5.41) is 2.91. The molecular formula is C15H22N2O2. The van der Waals surface area contributed by atoms with Crippen molar-refractivity contribution in [1.82, 2.24) is 10.2 Å². The van der Waals surface area contributed by atoms with E-state index in [-0.39, 0.29) is 5.91 Å². The molecule has 0 spiro atoms. The molecule has 1 N–H and O–H groups in total. The third-order valence-corrected chi connectivity index (χ3v) is 3.74. The van der Waals surface area contributed by atoms with Gasteiger partial charge in [0.2, 0.25) is 5.91 Å². The summed E-state index contributed by atoms with van der Waals surface area (Å²) in [5.74, 6) is 1.64. The third-order valence-electron chi connectivity index (χ3n) is 3.74. The van der Waals surface area contributed by atoms with Crippen LogP contribution in [0.1, 0.15) is 24.3 Å². The fraction of sp³-hybridized carbons (Fsp3) is 0.533. The van der Waals surface area contributed by atoms with Gasteiger partial charge >= 0.3 is 0 Å². The summed E-state index contributed by atoms with van der Waals surface area (Å²) in [7, 11) is 3.50. The summed E-state index contributed by atoms with van der Waals surface area (Å²) < 4.78 is 5.26. The third kappa shape index (κ3) is 3.47. The lowest BCUT2D eigenvalue weighted by Crippen LogP contribution is -2.41. The highest BCUT2D eigenvalue weighted by Gasteiger charge is 2.23. The maximum Gasteiger partial charge on any atom is 0.236 e. The van der Waals surface area contributed by atoms with Crippen LogP contribution in [-0.4, -0.2) is 44.6 Å². The van der Waals surface area contributed by atoms with E-state index in [1.54, 1.807) is 14.2 Å². The summed E-state index contributed by atoms with van der Waals surface area (Å²) in [6.07, 6.45) is 2.06. The highest BCUT2D eigenvalue weighted by atomic mass is 16.5. The maximum atomic E-state index is 11.8. The molecule has 1 fully saturated rings. The van der Waals surface area contributed by atoms with Crippen LogP contribution in [-0.2, 0) is 4.79 Å². The van der Waals surface area contributed by atoms with E-state index in [0.717, 1.165) is 31.7 Å². The Labute approximate surface area is 114 Å². The molecule has 0 aliphatic carbocycles. The van der Waals surface area contributed by atoms with Gasteiger partial charge in [-0.15, -0.1) is 0 Å². The average molecular weight is 262 g/mol. The van der Waals surface area contributed by atoms with E-state index in [0.29, 0.717) is 12.5 Å². The fourth-order valence-corrected chi connectivity index (χ4v) is 2.62. The van der Waals surface area contributed by atoms with Gasteiger partial charge in [0.25, 0.3) is 0 Å². The molecule has 0 bridgehead atoms. The minimum absolute atomic E-state index is 0.201. The number of hydrogen-bond acceptors (Lipinski definition) is 3. The predicted molar refractivity (Wildman–Crippen MR) is 75.5 cm³/mol. The molecule has 1 heterocycles. The first-order valence-corrected chi connectivity index (χ1v) is 6.81. The molecule has 4 heteroatoms. The van der Waals surface area contributed by atoms with Crippen LogP contribution >= 0.6 is 0 Å². The molecule has 2 rings (SSSR count). The number of carbonyl (C=O) groups is 1. The topological polar surface area (TPSA) is 41.6 Å². The van der Waals surface area contributed by atoms with Crippen molar-refractivity contribution in [1.29, 1.82) is 0 Å². The van der Waals surface area contributed by atoms with Gasteiger partial charge in [-0.3, -0.25) is 4.79 Å². The van der Waals surface area contributed by atoms with Crippen molar-refractivity contribution >= 4 is 5.91 Å². The van der Waals surface area contributed by atoms with E-state index in [1.165, 1.54) is 5.56 Å². The molecule has 0 saturated carbocycles. The van der Waals surface area contributed by atoms with Gasteiger partial charge in [0.05, 0.1) is 13.7 Å². The van der Waals surface area contributed by atoms with Crippen molar-refractivity contribution in [2.45, 2.75) is 18.8 Å². The van der Waals surface area contributed by atoms with Gasteiger partial charge in [0.1, 0.15) is 5.75 Å². The predicted octanol–water partition coefficient (Wildman–Crippen LogP) is 1.62. The molecule has 0 unspecified atom stereocenters. The lowest BCUT2D eigenvalue weighted by Gasteiger charge is -2.32. The van der Waals surface area contributed by atoms with Crippen molar-refractivity contribution in [3.8, 4) is 5.75 Å². The van der Waals surface area contributed by atoms with Gasteiger partial charge < -0.3 is 15.0 Å². The highest BCUT2D eigenvalue weighted by molar-refractivity contribution is 5.78. The first-order chi connectivity index (χ1) is 9.24. The molecule has 1 aromatic carbocycles. The molecule has 19 heavy (non-hydrogen) atoms. The van der Waals surface area contributed by atoms with Crippen LogP contribution in [0.3, 0.4) is 0 Å². The van der Waals surface area contributed by atoms with E-state index in [1.807, 2.05) is 17.0 Å². The number of likely N-dealkylation sites (tertiary alicyclic amines) is 1. The van der Waals surface area contributed by atoms with Crippen molar-refractivity contribution in [3.05, 3.63) is 29.8 Å². The van der Waals surface area contributed by atoms with Gasteiger partial charge in [-0.25, -0.2) is 0 Å². The molecule has 1 aliphatic rings. The Kier molecular flexibility index (Phi) is 4.80. The number of piperidine rings is 1. The van der Waals surface area contributed by atoms with E-state index in [2.05, 4.69) is 17.4 Å². The summed E-state index contributed by atoms with van der Waals surface area (Å²) in [6.45, 7) is 2.13. The summed E-state index contributed by atoms with van der Waals surface area (Å²) in [4.78, 5) is 13.7. The van der Waals surface area contributed by atoms with Gasteiger partial charge in [-0.05, 0) is 43.5 Å². The van der Waals surface area contributed by atoms with Crippen LogP contribution in [0.2, 0.25) is 0 Å². The van der Waals surface area contributed by atoms with Gasteiger partial charge in [0, 0.05) is 13.1 Å². The SMILES string of the molecule is CNCC(=O)N1CCC(c2cccc(OC)c2)CC1.